The number of ether oxygens (including phenoxy) is 1. The van der Waals surface area contributed by atoms with E-state index in [0.717, 1.165) is 12.1 Å². The van der Waals surface area contributed by atoms with Gasteiger partial charge in [-0.1, -0.05) is 18.2 Å². The van der Waals surface area contributed by atoms with Gasteiger partial charge in [-0.05, 0) is 24.3 Å². The Labute approximate surface area is 119 Å². The third kappa shape index (κ3) is 3.98. The van der Waals surface area contributed by atoms with Gasteiger partial charge in [-0.25, -0.2) is 13.2 Å². The minimum Gasteiger partial charge on any atom is -0.493 e. The molecule has 0 radical (unpaired) electrons. The third-order valence-electron chi connectivity index (χ3n) is 2.65. The summed E-state index contributed by atoms with van der Waals surface area (Å²) in [4.78, 5) is 11.6. The van der Waals surface area contributed by atoms with Crippen LogP contribution in [0.2, 0.25) is 0 Å². The van der Waals surface area contributed by atoms with E-state index in [0.29, 0.717) is 5.75 Å². The molecule has 0 bridgehead atoms. The second-order valence-electron chi connectivity index (χ2n) is 4.18. The molecule has 2 rings (SSSR count). The maximum Gasteiger partial charge on any atom is 0.227 e. The summed E-state index contributed by atoms with van der Waals surface area (Å²) in [5.41, 5.74) is -0.404. The molecule has 0 unspecified atom stereocenters. The topological polar surface area (TPSA) is 38.3 Å². The fourth-order valence-electron chi connectivity index (χ4n) is 1.61. The lowest BCUT2D eigenvalue weighted by molar-refractivity contribution is -0.116. The van der Waals surface area contributed by atoms with Gasteiger partial charge in [0.25, 0.3) is 0 Å². The van der Waals surface area contributed by atoms with Crippen molar-refractivity contribution in [1.29, 1.82) is 0 Å². The highest BCUT2D eigenvalue weighted by atomic mass is 19.2. The summed E-state index contributed by atoms with van der Waals surface area (Å²) < 4.78 is 44.4. The van der Waals surface area contributed by atoms with E-state index in [1.165, 1.54) is 0 Å². The number of carbonyl (C=O) groups excluding carboxylic acids is 1. The van der Waals surface area contributed by atoms with Gasteiger partial charge in [0.2, 0.25) is 5.91 Å². The van der Waals surface area contributed by atoms with Crippen LogP contribution in [0.4, 0.5) is 18.9 Å². The Bertz CT molecular complexity index is 632. The Balaban J connectivity index is 1.86. The number of carbonyl (C=O) groups is 1. The van der Waals surface area contributed by atoms with Crippen molar-refractivity contribution in [2.75, 3.05) is 11.9 Å². The van der Waals surface area contributed by atoms with Crippen LogP contribution >= 0.6 is 0 Å². The molecule has 0 spiro atoms. The number of hydrogen-bond donors (Lipinski definition) is 1. The Morgan fingerprint density at radius 2 is 1.71 bits per heavy atom. The van der Waals surface area contributed by atoms with Crippen LogP contribution in [0.15, 0.2) is 42.5 Å². The zero-order chi connectivity index (χ0) is 15.2. The molecular formula is C15H12F3NO2. The highest BCUT2D eigenvalue weighted by Gasteiger charge is 2.15. The number of rotatable bonds is 5. The van der Waals surface area contributed by atoms with E-state index < -0.39 is 29.0 Å². The van der Waals surface area contributed by atoms with Crippen molar-refractivity contribution < 1.29 is 22.7 Å². The van der Waals surface area contributed by atoms with Crippen molar-refractivity contribution in [2.45, 2.75) is 6.42 Å². The molecular weight excluding hydrogens is 283 g/mol. The van der Waals surface area contributed by atoms with Gasteiger partial charge in [-0.3, -0.25) is 4.79 Å². The maximum absolute atomic E-state index is 13.3. The number of nitrogens with one attached hydrogen (secondary N) is 1. The van der Waals surface area contributed by atoms with Crippen molar-refractivity contribution in [1.82, 2.24) is 0 Å². The van der Waals surface area contributed by atoms with Crippen molar-refractivity contribution in [3.05, 3.63) is 59.9 Å². The van der Waals surface area contributed by atoms with Crippen LogP contribution in [-0.2, 0) is 4.79 Å². The van der Waals surface area contributed by atoms with Crippen LogP contribution in [0.1, 0.15) is 6.42 Å². The van der Waals surface area contributed by atoms with Gasteiger partial charge in [-0.2, -0.15) is 0 Å². The van der Waals surface area contributed by atoms with Crippen LogP contribution in [0.3, 0.4) is 0 Å². The second kappa shape index (κ2) is 6.78. The molecule has 0 aromatic heterocycles. The fourth-order valence-corrected chi connectivity index (χ4v) is 1.61. The zero-order valence-corrected chi connectivity index (χ0v) is 10.9. The lowest BCUT2D eigenvalue weighted by Crippen LogP contribution is -2.16. The summed E-state index contributed by atoms with van der Waals surface area (Å²) in [6, 6.07) is 10.6. The molecule has 0 aliphatic carbocycles. The highest BCUT2D eigenvalue weighted by Crippen LogP contribution is 2.19. The van der Waals surface area contributed by atoms with Gasteiger partial charge in [0.1, 0.15) is 5.75 Å². The maximum atomic E-state index is 13.3. The monoisotopic (exact) mass is 295 g/mol. The zero-order valence-electron chi connectivity index (χ0n) is 10.9. The molecule has 1 N–H and O–H groups in total. The van der Waals surface area contributed by atoms with Gasteiger partial charge in [0.05, 0.1) is 18.7 Å². The van der Waals surface area contributed by atoms with E-state index in [-0.39, 0.29) is 13.0 Å². The summed E-state index contributed by atoms with van der Waals surface area (Å²) in [6.45, 7) is 0.0845. The first-order chi connectivity index (χ1) is 10.1. The third-order valence-corrected chi connectivity index (χ3v) is 2.65. The Hall–Kier alpha value is -2.50. The van der Waals surface area contributed by atoms with E-state index in [1.54, 1.807) is 24.3 Å². The highest BCUT2D eigenvalue weighted by molar-refractivity contribution is 5.90. The van der Waals surface area contributed by atoms with E-state index in [2.05, 4.69) is 5.32 Å². The quantitative estimate of drug-likeness (QED) is 0.857. The van der Waals surface area contributed by atoms with Crippen molar-refractivity contribution in [2.24, 2.45) is 0 Å². The predicted octanol–water partition coefficient (Wildman–Crippen LogP) is 3.51. The Kier molecular flexibility index (Phi) is 4.81. The molecule has 0 saturated heterocycles. The van der Waals surface area contributed by atoms with Crippen molar-refractivity contribution >= 4 is 11.6 Å². The Morgan fingerprint density at radius 3 is 2.43 bits per heavy atom. The average molecular weight is 295 g/mol. The van der Waals surface area contributed by atoms with E-state index in [4.69, 9.17) is 4.74 Å². The minimum absolute atomic E-state index is 0.0483. The number of halogens is 3. The lowest BCUT2D eigenvalue weighted by atomic mass is 10.2. The standard InChI is InChI=1S/C15H12F3NO2/c16-11-6-7-12(15(18)14(11)17)19-13(20)8-9-21-10-4-2-1-3-5-10/h1-7H,8-9H2,(H,19,20). The van der Waals surface area contributed by atoms with E-state index in [1.807, 2.05) is 6.07 Å². The Morgan fingerprint density at radius 1 is 1.00 bits per heavy atom. The van der Waals surface area contributed by atoms with Crippen LogP contribution in [0.5, 0.6) is 5.75 Å². The number of amides is 1. The molecule has 1 amide bonds. The molecule has 0 aliphatic heterocycles. The number of para-hydroxylation sites is 1. The molecule has 2 aromatic rings. The number of hydrogen-bond acceptors (Lipinski definition) is 2. The molecule has 6 heteroatoms. The number of anilines is 1. The first-order valence-electron chi connectivity index (χ1n) is 6.19. The SMILES string of the molecule is O=C(CCOc1ccccc1)Nc1ccc(F)c(F)c1F. The normalized spacial score (nSPS) is 10.2. The van der Waals surface area contributed by atoms with E-state index in [9.17, 15) is 18.0 Å². The number of benzene rings is 2. The van der Waals surface area contributed by atoms with E-state index >= 15 is 0 Å². The summed E-state index contributed by atoms with van der Waals surface area (Å²) in [7, 11) is 0. The summed E-state index contributed by atoms with van der Waals surface area (Å²) in [5, 5.41) is 2.16. The van der Waals surface area contributed by atoms with Crippen molar-refractivity contribution in [3.8, 4) is 5.75 Å². The largest absolute Gasteiger partial charge is 0.493 e. The molecule has 2 aromatic carbocycles. The molecule has 21 heavy (non-hydrogen) atoms. The van der Waals surface area contributed by atoms with Crippen LogP contribution in [-0.4, -0.2) is 12.5 Å². The van der Waals surface area contributed by atoms with Gasteiger partial charge in [-0.15, -0.1) is 0 Å². The fraction of sp³-hybridized carbons (Fsp3) is 0.133. The predicted molar refractivity (Wildman–Crippen MR) is 71.5 cm³/mol. The average Bonchev–Trinajstić information content (AvgIpc) is 2.49. The second-order valence-corrected chi connectivity index (χ2v) is 4.18. The minimum atomic E-state index is -1.62. The molecule has 0 saturated carbocycles. The van der Waals surface area contributed by atoms with Crippen LogP contribution < -0.4 is 10.1 Å². The summed E-state index contributed by atoms with van der Waals surface area (Å²) in [6.07, 6.45) is -0.0483. The van der Waals surface area contributed by atoms with Gasteiger partial charge < -0.3 is 10.1 Å². The van der Waals surface area contributed by atoms with Gasteiger partial charge in [0.15, 0.2) is 17.5 Å². The van der Waals surface area contributed by atoms with Gasteiger partial charge in [0, 0.05) is 0 Å². The summed E-state index contributed by atoms with van der Waals surface area (Å²) >= 11 is 0. The molecule has 0 aliphatic rings. The van der Waals surface area contributed by atoms with Gasteiger partial charge >= 0.3 is 0 Å². The molecule has 110 valence electrons. The van der Waals surface area contributed by atoms with Crippen LogP contribution in [0, 0.1) is 17.5 Å². The first-order valence-corrected chi connectivity index (χ1v) is 6.19. The molecule has 3 nitrogen and oxygen atoms in total. The smallest absolute Gasteiger partial charge is 0.227 e. The van der Waals surface area contributed by atoms with Crippen molar-refractivity contribution in [3.63, 3.8) is 0 Å². The molecule has 0 heterocycles. The van der Waals surface area contributed by atoms with Crippen LogP contribution in [0.25, 0.3) is 0 Å². The summed E-state index contributed by atoms with van der Waals surface area (Å²) in [5.74, 6) is -4.31. The molecule has 0 atom stereocenters. The lowest BCUT2D eigenvalue weighted by Gasteiger charge is -2.08. The first kappa shape index (κ1) is 14.9. The molecule has 0 fully saturated rings.